The maximum absolute atomic E-state index is 13.8. The first-order valence-electron chi connectivity index (χ1n) is 8.48. The van der Waals surface area contributed by atoms with Gasteiger partial charge in [0.1, 0.15) is 5.82 Å². The molecule has 134 valence electrons. The van der Waals surface area contributed by atoms with Gasteiger partial charge in [-0.1, -0.05) is 18.2 Å². The third-order valence-electron chi connectivity index (χ3n) is 4.67. The number of fused-ring (bicyclic) bond motifs is 1. The van der Waals surface area contributed by atoms with E-state index in [1.54, 1.807) is 12.1 Å². The molecular weight excluding hydrogens is 339 g/mol. The minimum absolute atomic E-state index is 0.336. The molecule has 4 nitrogen and oxygen atoms in total. The van der Waals surface area contributed by atoms with Gasteiger partial charge >= 0.3 is 0 Å². The van der Waals surface area contributed by atoms with Crippen molar-refractivity contribution in [3.05, 3.63) is 59.4 Å². The molecule has 1 aliphatic rings. The van der Waals surface area contributed by atoms with E-state index in [-0.39, 0.29) is 5.82 Å². The second kappa shape index (κ2) is 7.14. The summed E-state index contributed by atoms with van der Waals surface area (Å²) in [5, 5.41) is 2.50. The Kier molecular flexibility index (Phi) is 5.11. The van der Waals surface area contributed by atoms with E-state index in [1.807, 2.05) is 32.2 Å². The van der Waals surface area contributed by atoms with Crippen LogP contribution in [-0.4, -0.2) is 27.3 Å². The Morgan fingerprint density at radius 2 is 1.96 bits per heavy atom. The van der Waals surface area contributed by atoms with Crippen LogP contribution in [0.4, 0.5) is 15.8 Å². The molecule has 6 heteroatoms. The summed E-state index contributed by atoms with van der Waals surface area (Å²) in [6, 6.07) is 11.7. The van der Waals surface area contributed by atoms with Crippen LogP contribution < -0.4 is 9.62 Å². The number of benzene rings is 2. The standard InChI is InChI=1S/C19H23FN2O2S/c1-14-6-3-4-8-18(14)22-19-10-9-16(20)12-15(19)13-17(25(22,23)24)7-5-11-21-2/h3-4,6,8-10,12,17,21H,5,7,11,13H2,1-2H3/t17-/m0/s1. The Balaban J connectivity index is 2.12. The van der Waals surface area contributed by atoms with E-state index in [9.17, 15) is 12.8 Å². The van der Waals surface area contributed by atoms with E-state index in [4.69, 9.17) is 0 Å². The first kappa shape index (κ1) is 17.9. The minimum Gasteiger partial charge on any atom is -0.320 e. The molecule has 0 saturated heterocycles. The molecular formula is C19H23FN2O2S. The molecule has 1 aliphatic heterocycles. The summed E-state index contributed by atoms with van der Waals surface area (Å²) in [5.41, 5.74) is 2.80. The van der Waals surface area contributed by atoms with E-state index in [0.717, 1.165) is 24.1 Å². The Morgan fingerprint density at radius 3 is 2.68 bits per heavy atom. The van der Waals surface area contributed by atoms with Gasteiger partial charge in [0, 0.05) is 0 Å². The van der Waals surface area contributed by atoms with Gasteiger partial charge in [-0.15, -0.1) is 0 Å². The van der Waals surface area contributed by atoms with Crippen LogP contribution in [-0.2, 0) is 16.4 Å². The van der Waals surface area contributed by atoms with E-state index < -0.39 is 15.3 Å². The fourth-order valence-corrected chi connectivity index (χ4v) is 5.45. The topological polar surface area (TPSA) is 49.4 Å². The van der Waals surface area contributed by atoms with Gasteiger partial charge in [0.25, 0.3) is 0 Å². The molecule has 0 aliphatic carbocycles. The predicted octanol–water partition coefficient (Wildman–Crippen LogP) is 3.53. The lowest BCUT2D eigenvalue weighted by Crippen LogP contribution is -2.42. The van der Waals surface area contributed by atoms with E-state index in [1.165, 1.54) is 16.4 Å². The highest BCUT2D eigenvalue weighted by Gasteiger charge is 2.39. The number of halogens is 1. The summed E-state index contributed by atoms with van der Waals surface area (Å²) in [6.45, 7) is 2.64. The zero-order valence-electron chi connectivity index (χ0n) is 14.5. The first-order chi connectivity index (χ1) is 11.9. The second-order valence-electron chi connectivity index (χ2n) is 6.44. The molecule has 0 radical (unpaired) electrons. The SMILES string of the molecule is CNCCC[C@H]1Cc2cc(F)ccc2N(c2ccccc2C)S1(=O)=O. The molecule has 0 amide bonds. The predicted molar refractivity (Wildman–Crippen MR) is 99.3 cm³/mol. The van der Waals surface area contributed by atoms with Crippen molar-refractivity contribution in [1.82, 2.24) is 5.32 Å². The smallest absolute Gasteiger partial charge is 0.242 e. The summed E-state index contributed by atoms with van der Waals surface area (Å²) < 4.78 is 41.8. The lowest BCUT2D eigenvalue weighted by molar-refractivity contribution is 0.552. The Morgan fingerprint density at radius 1 is 1.20 bits per heavy atom. The molecule has 0 saturated carbocycles. The van der Waals surface area contributed by atoms with Crippen molar-refractivity contribution in [3.63, 3.8) is 0 Å². The third-order valence-corrected chi connectivity index (χ3v) is 6.82. The lowest BCUT2D eigenvalue weighted by Gasteiger charge is -2.36. The van der Waals surface area contributed by atoms with Gasteiger partial charge in [-0.3, -0.25) is 0 Å². The maximum atomic E-state index is 13.8. The molecule has 0 spiro atoms. The molecule has 1 N–H and O–H groups in total. The fourth-order valence-electron chi connectivity index (χ4n) is 3.37. The first-order valence-corrected chi connectivity index (χ1v) is 9.98. The van der Waals surface area contributed by atoms with Crippen LogP contribution in [0.25, 0.3) is 0 Å². The van der Waals surface area contributed by atoms with Gasteiger partial charge in [-0.2, -0.15) is 0 Å². The van der Waals surface area contributed by atoms with E-state index in [0.29, 0.717) is 24.2 Å². The number of nitrogens with zero attached hydrogens (tertiary/aromatic N) is 1. The third kappa shape index (κ3) is 3.41. The van der Waals surface area contributed by atoms with E-state index in [2.05, 4.69) is 5.32 Å². The number of aryl methyl sites for hydroxylation is 1. The van der Waals surface area contributed by atoms with E-state index >= 15 is 0 Å². The normalized spacial score (nSPS) is 18.8. The number of hydrogen-bond donors (Lipinski definition) is 1. The molecule has 1 heterocycles. The number of sulfonamides is 1. The van der Waals surface area contributed by atoms with Crippen LogP contribution in [0.5, 0.6) is 0 Å². The van der Waals surface area contributed by atoms with Crippen molar-refractivity contribution >= 4 is 21.4 Å². The minimum atomic E-state index is -3.56. The van der Waals surface area contributed by atoms with Gasteiger partial charge in [-0.05, 0) is 75.2 Å². The van der Waals surface area contributed by atoms with Crippen LogP contribution in [0.1, 0.15) is 24.0 Å². The molecule has 0 aromatic heterocycles. The van der Waals surface area contributed by atoms with Crippen LogP contribution in [0, 0.1) is 12.7 Å². The molecule has 1 atom stereocenters. The Bertz CT molecular complexity index is 867. The van der Waals surface area contributed by atoms with Crippen molar-refractivity contribution in [1.29, 1.82) is 0 Å². The van der Waals surface area contributed by atoms with Crippen molar-refractivity contribution < 1.29 is 12.8 Å². The number of nitrogens with one attached hydrogen (secondary N) is 1. The lowest BCUT2D eigenvalue weighted by atomic mass is 10.0. The highest BCUT2D eigenvalue weighted by molar-refractivity contribution is 7.93. The van der Waals surface area contributed by atoms with Crippen molar-refractivity contribution in [2.24, 2.45) is 0 Å². The zero-order valence-corrected chi connectivity index (χ0v) is 15.3. The quantitative estimate of drug-likeness (QED) is 0.828. The molecule has 0 unspecified atom stereocenters. The molecule has 25 heavy (non-hydrogen) atoms. The average Bonchev–Trinajstić information content (AvgIpc) is 2.57. The summed E-state index contributed by atoms with van der Waals surface area (Å²) in [4.78, 5) is 0. The van der Waals surface area contributed by atoms with Crippen molar-refractivity contribution in [2.75, 3.05) is 17.9 Å². The molecule has 2 aromatic carbocycles. The Labute approximate surface area is 148 Å². The maximum Gasteiger partial charge on any atom is 0.242 e. The summed E-state index contributed by atoms with van der Waals surface area (Å²) in [7, 11) is -1.72. The van der Waals surface area contributed by atoms with Crippen LogP contribution in [0.15, 0.2) is 42.5 Å². The monoisotopic (exact) mass is 362 g/mol. The Hall–Kier alpha value is -1.92. The molecule has 0 fully saturated rings. The summed E-state index contributed by atoms with van der Waals surface area (Å²) in [6.07, 6.45) is 1.65. The van der Waals surface area contributed by atoms with Crippen molar-refractivity contribution in [3.8, 4) is 0 Å². The average molecular weight is 362 g/mol. The van der Waals surface area contributed by atoms with Gasteiger partial charge in [0.2, 0.25) is 10.0 Å². The van der Waals surface area contributed by atoms with Crippen molar-refractivity contribution in [2.45, 2.75) is 31.4 Å². The van der Waals surface area contributed by atoms with Gasteiger partial charge in [-0.25, -0.2) is 17.1 Å². The number of para-hydroxylation sites is 1. The molecule has 3 rings (SSSR count). The zero-order chi connectivity index (χ0) is 18.0. The summed E-state index contributed by atoms with van der Waals surface area (Å²) in [5.74, 6) is -0.336. The largest absolute Gasteiger partial charge is 0.320 e. The van der Waals surface area contributed by atoms with Gasteiger partial charge in [0.05, 0.1) is 16.6 Å². The number of anilines is 2. The molecule has 2 aromatic rings. The molecule has 0 bridgehead atoms. The highest BCUT2D eigenvalue weighted by Crippen LogP contribution is 2.41. The number of hydrogen-bond acceptors (Lipinski definition) is 3. The van der Waals surface area contributed by atoms with Crippen LogP contribution in [0.2, 0.25) is 0 Å². The highest BCUT2D eigenvalue weighted by atomic mass is 32.2. The second-order valence-corrected chi connectivity index (χ2v) is 8.50. The number of rotatable bonds is 5. The van der Waals surface area contributed by atoms with Crippen LogP contribution >= 0.6 is 0 Å². The summed E-state index contributed by atoms with van der Waals surface area (Å²) >= 11 is 0. The van der Waals surface area contributed by atoms with Gasteiger partial charge in [0.15, 0.2) is 0 Å². The van der Waals surface area contributed by atoms with Crippen LogP contribution in [0.3, 0.4) is 0 Å². The van der Waals surface area contributed by atoms with Gasteiger partial charge < -0.3 is 5.32 Å². The fraction of sp³-hybridized carbons (Fsp3) is 0.368.